The maximum atomic E-state index is 13.3. The van der Waals surface area contributed by atoms with Crippen molar-refractivity contribution in [1.82, 2.24) is 19.7 Å². The molecular formula is C24H26N4O4. The van der Waals surface area contributed by atoms with Gasteiger partial charge >= 0.3 is 5.69 Å². The summed E-state index contributed by atoms with van der Waals surface area (Å²) >= 11 is 0. The molecular weight excluding hydrogens is 408 g/mol. The number of amides is 1. The van der Waals surface area contributed by atoms with Crippen LogP contribution >= 0.6 is 0 Å². The highest BCUT2D eigenvalue weighted by molar-refractivity contribution is 5.91. The Bertz CT molecular complexity index is 1220. The topological polar surface area (TPSA) is 95.2 Å². The normalized spacial score (nSPS) is 15.6. The van der Waals surface area contributed by atoms with Crippen molar-refractivity contribution in [2.45, 2.75) is 39.3 Å². The van der Waals surface area contributed by atoms with Gasteiger partial charge in [-0.15, -0.1) is 0 Å². The molecule has 3 aromatic rings. The van der Waals surface area contributed by atoms with E-state index in [0.29, 0.717) is 18.8 Å². The first-order chi connectivity index (χ1) is 15.4. The molecule has 1 aliphatic rings. The number of nitrogens with one attached hydrogen (secondary N) is 1. The van der Waals surface area contributed by atoms with Gasteiger partial charge in [0.1, 0.15) is 0 Å². The van der Waals surface area contributed by atoms with Gasteiger partial charge in [-0.3, -0.25) is 14.2 Å². The van der Waals surface area contributed by atoms with Crippen LogP contribution in [0.25, 0.3) is 5.69 Å². The number of hydrogen-bond acceptors (Lipinski definition) is 5. The Morgan fingerprint density at radius 1 is 1.12 bits per heavy atom. The molecule has 1 aliphatic heterocycles. The summed E-state index contributed by atoms with van der Waals surface area (Å²) < 4.78 is 7.72. The van der Waals surface area contributed by atoms with Gasteiger partial charge in [0.05, 0.1) is 18.3 Å². The van der Waals surface area contributed by atoms with Crippen LogP contribution in [-0.2, 0) is 11.3 Å². The minimum atomic E-state index is -0.718. The summed E-state index contributed by atoms with van der Waals surface area (Å²) in [6.45, 7) is 4.83. The molecule has 2 aromatic carbocycles. The standard InChI is InChI=1S/C24H26N4O4/c1-16-11-17(2)13-19(12-16)28-24(31)27(15-18-7-4-3-5-8-18)23(30)21(26-28)22(29)25-14-20-9-6-10-32-20/h3-5,7-8,11-13,20H,6,9-10,14-15H2,1-2H3,(H,25,29)/t20-/m0/s1. The fourth-order valence-electron chi connectivity index (χ4n) is 3.90. The monoisotopic (exact) mass is 434 g/mol. The largest absolute Gasteiger partial charge is 0.376 e. The molecule has 0 saturated carbocycles. The van der Waals surface area contributed by atoms with E-state index in [0.717, 1.165) is 38.8 Å². The zero-order valence-corrected chi connectivity index (χ0v) is 18.2. The van der Waals surface area contributed by atoms with Crippen LogP contribution in [-0.4, -0.2) is 39.5 Å². The SMILES string of the molecule is Cc1cc(C)cc(-n2nc(C(=O)NC[C@@H]3CCCO3)c(=O)n(Cc3ccccc3)c2=O)c1. The summed E-state index contributed by atoms with van der Waals surface area (Å²) in [7, 11) is 0. The van der Waals surface area contributed by atoms with Crippen LogP contribution in [0.4, 0.5) is 0 Å². The number of carbonyl (C=O) groups excluding carboxylic acids is 1. The molecule has 1 fully saturated rings. The van der Waals surface area contributed by atoms with Crippen LogP contribution in [0, 0.1) is 13.8 Å². The van der Waals surface area contributed by atoms with Crippen molar-refractivity contribution in [3.63, 3.8) is 0 Å². The van der Waals surface area contributed by atoms with E-state index < -0.39 is 17.2 Å². The molecule has 166 valence electrons. The smallest absolute Gasteiger partial charge is 0.352 e. The molecule has 0 unspecified atom stereocenters. The van der Waals surface area contributed by atoms with Gasteiger partial charge in [-0.1, -0.05) is 36.4 Å². The average molecular weight is 434 g/mol. The van der Waals surface area contributed by atoms with Crippen molar-refractivity contribution in [3.8, 4) is 5.69 Å². The maximum Gasteiger partial charge on any atom is 0.352 e. The minimum Gasteiger partial charge on any atom is -0.376 e. The number of benzene rings is 2. The van der Waals surface area contributed by atoms with Gasteiger partial charge in [-0.2, -0.15) is 9.78 Å². The molecule has 0 radical (unpaired) electrons. The molecule has 1 saturated heterocycles. The van der Waals surface area contributed by atoms with Crippen molar-refractivity contribution in [2.75, 3.05) is 13.2 Å². The second-order valence-corrected chi connectivity index (χ2v) is 8.11. The summed E-state index contributed by atoms with van der Waals surface area (Å²) in [5, 5.41) is 6.93. The Hall–Kier alpha value is -3.52. The van der Waals surface area contributed by atoms with Crippen molar-refractivity contribution >= 4 is 5.91 Å². The summed E-state index contributed by atoms with van der Waals surface area (Å²) in [4.78, 5) is 39.3. The zero-order valence-electron chi connectivity index (χ0n) is 18.2. The highest BCUT2D eigenvalue weighted by Gasteiger charge is 2.22. The molecule has 1 aromatic heterocycles. The fraction of sp³-hybridized carbons (Fsp3) is 0.333. The van der Waals surface area contributed by atoms with E-state index in [2.05, 4.69) is 10.4 Å². The third-order valence-corrected chi connectivity index (χ3v) is 5.42. The minimum absolute atomic E-state index is 0.0395. The maximum absolute atomic E-state index is 13.3. The number of hydrogen-bond donors (Lipinski definition) is 1. The first-order valence-corrected chi connectivity index (χ1v) is 10.7. The van der Waals surface area contributed by atoms with Crippen LogP contribution in [0.5, 0.6) is 0 Å². The Morgan fingerprint density at radius 2 is 1.84 bits per heavy atom. The molecule has 1 amide bonds. The van der Waals surface area contributed by atoms with Gasteiger partial charge in [0, 0.05) is 13.2 Å². The Morgan fingerprint density at radius 3 is 2.50 bits per heavy atom. The summed E-state index contributed by atoms with van der Waals surface area (Å²) in [6, 6.07) is 14.7. The van der Waals surface area contributed by atoms with Crippen molar-refractivity contribution in [2.24, 2.45) is 0 Å². The zero-order chi connectivity index (χ0) is 22.7. The number of aryl methyl sites for hydroxylation is 2. The quantitative estimate of drug-likeness (QED) is 0.640. The molecule has 8 heteroatoms. The Labute approximate surface area is 185 Å². The van der Waals surface area contributed by atoms with Gasteiger partial charge in [0.15, 0.2) is 0 Å². The molecule has 4 rings (SSSR count). The van der Waals surface area contributed by atoms with E-state index in [1.54, 1.807) is 12.1 Å². The van der Waals surface area contributed by atoms with E-state index in [1.807, 2.05) is 50.2 Å². The predicted octanol–water partition coefficient (Wildman–Crippen LogP) is 1.97. The molecule has 8 nitrogen and oxygen atoms in total. The fourth-order valence-corrected chi connectivity index (χ4v) is 3.90. The third kappa shape index (κ3) is 4.70. The van der Waals surface area contributed by atoms with Crippen molar-refractivity contribution in [1.29, 1.82) is 0 Å². The van der Waals surface area contributed by atoms with E-state index in [-0.39, 0.29) is 18.3 Å². The van der Waals surface area contributed by atoms with Gasteiger partial charge in [0.2, 0.25) is 5.69 Å². The Balaban J connectivity index is 1.79. The summed E-state index contributed by atoms with van der Waals surface area (Å²) in [5.41, 5.74) is 1.53. The first-order valence-electron chi connectivity index (χ1n) is 10.7. The molecule has 2 heterocycles. The summed E-state index contributed by atoms with van der Waals surface area (Å²) in [5.74, 6) is -0.620. The molecule has 0 spiro atoms. The number of ether oxygens (including phenoxy) is 1. The lowest BCUT2D eigenvalue weighted by Gasteiger charge is -2.14. The van der Waals surface area contributed by atoms with Crippen LogP contribution in [0.3, 0.4) is 0 Å². The van der Waals surface area contributed by atoms with Crippen LogP contribution in [0.15, 0.2) is 58.1 Å². The predicted molar refractivity (Wildman–Crippen MR) is 120 cm³/mol. The highest BCUT2D eigenvalue weighted by atomic mass is 16.5. The lowest BCUT2D eigenvalue weighted by molar-refractivity contribution is 0.0849. The number of rotatable bonds is 6. The molecule has 1 N–H and O–H groups in total. The van der Waals surface area contributed by atoms with Gasteiger partial charge in [0.25, 0.3) is 11.5 Å². The van der Waals surface area contributed by atoms with Gasteiger partial charge in [-0.25, -0.2) is 4.79 Å². The van der Waals surface area contributed by atoms with Gasteiger partial charge in [-0.05, 0) is 55.5 Å². The third-order valence-electron chi connectivity index (χ3n) is 5.42. The average Bonchev–Trinajstić information content (AvgIpc) is 3.29. The number of nitrogens with zero attached hydrogens (tertiary/aromatic N) is 3. The van der Waals surface area contributed by atoms with Gasteiger partial charge < -0.3 is 10.1 Å². The van der Waals surface area contributed by atoms with Crippen LogP contribution in [0.1, 0.15) is 40.0 Å². The van der Waals surface area contributed by atoms with Crippen molar-refractivity contribution in [3.05, 3.63) is 91.8 Å². The Kier molecular flexibility index (Phi) is 6.32. The molecule has 0 aliphatic carbocycles. The van der Waals surface area contributed by atoms with E-state index in [1.165, 1.54) is 0 Å². The summed E-state index contributed by atoms with van der Waals surface area (Å²) in [6.07, 6.45) is 1.73. The lowest BCUT2D eigenvalue weighted by Crippen LogP contribution is -2.46. The van der Waals surface area contributed by atoms with Crippen LogP contribution < -0.4 is 16.6 Å². The number of carbonyl (C=O) groups is 1. The lowest BCUT2D eigenvalue weighted by atomic mass is 10.1. The van der Waals surface area contributed by atoms with Crippen LogP contribution in [0.2, 0.25) is 0 Å². The second kappa shape index (κ2) is 9.32. The number of aromatic nitrogens is 3. The molecule has 0 bridgehead atoms. The molecule has 1 atom stereocenters. The molecule has 32 heavy (non-hydrogen) atoms. The van der Waals surface area contributed by atoms with E-state index in [9.17, 15) is 14.4 Å². The second-order valence-electron chi connectivity index (χ2n) is 8.11. The van der Waals surface area contributed by atoms with E-state index >= 15 is 0 Å². The van der Waals surface area contributed by atoms with Crippen molar-refractivity contribution < 1.29 is 9.53 Å². The first kappa shape index (κ1) is 21.7. The van der Waals surface area contributed by atoms with E-state index in [4.69, 9.17) is 4.74 Å². The highest BCUT2D eigenvalue weighted by Crippen LogP contribution is 2.12.